The Morgan fingerprint density at radius 1 is 1.29 bits per heavy atom. The summed E-state index contributed by atoms with van der Waals surface area (Å²) < 4.78 is 5.16. The lowest BCUT2D eigenvalue weighted by Crippen LogP contribution is -2.37. The van der Waals surface area contributed by atoms with Crippen molar-refractivity contribution in [1.29, 1.82) is 0 Å². The average Bonchev–Trinajstić information content (AvgIpc) is 3.13. The molecule has 0 unspecified atom stereocenters. The van der Waals surface area contributed by atoms with E-state index in [1.54, 1.807) is 13.8 Å². The maximum Gasteiger partial charge on any atom is 0.355 e. The Morgan fingerprint density at radius 2 is 1.90 bits per heavy atom. The molecule has 114 valence electrons. The van der Waals surface area contributed by atoms with Gasteiger partial charge in [-0.2, -0.15) is 0 Å². The number of esters is 1. The van der Waals surface area contributed by atoms with E-state index in [1.807, 2.05) is 0 Å². The normalized spacial score (nSPS) is 15.4. The number of hydrogen-bond donors (Lipinski definition) is 2. The Labute approximate surface area is 123 Å². The monoisotopic (exact) mass is 292 g/mol. The van der Waals surface area contributed by atoms with Crippen LogP contribution in [0.25, 0.3) is 0 Å². The fourth-order valence-electron chi connectivity index (χ4n) is 2.30. The Hall–Kier alpha value is -2.11. The molecule has 1 saturated carbocycles. The molecular weight excluding hydrogens is 272 g/mol. The van der Waals surface area contributed by atoms with Crippen molar-refractivity contribution in [2.24, 2.45) is 0 Å². The molecule has 21 heavy (non-hydrogen) atoms. The Bertz CT molecular complexity index is 599. The van der Waals surface area contributed by atoms with E-state index < -0.39 is 12.1 Å². The van der Waals surface area contributed by atoms with E-state index in [9.17, 15) is 14.4 Å². The third kappa shape index (κ3) is 3.32. The molecular formula is C15H20N2O4. The third-order valence-corrected chi connectivity index (χ3v) is 3.57. The van der Waals surface area contributed by atoms with Crippen molar-refractivity contribution in [1.82, 2.24) is 10.3 Å². The van der Waals surface area contributed by atoms with Gasteiger partial charge in [0.1, 0.15) is 5.69 Å². The van der Waals surface area contributed by atoms with Gasteiger partial charge >= 0.3 is 5.97 Å². The first kappa shape index (κ1) is 15.3. The molecule has 1 aliphatic carbocycles. The number of rotatable bonds is 5. The Kier molecular flexibility index (Phi) is 4.16. The number of aromatic amines is 1. The van der Waals surface area contributed by atoms with Gasteiger partial charge in [0, 0.05) is 17.3 Å². The van der Waals surface area contributed by atoms with E-state index in [2.05, 4.69) is 10.3 Å². The highest BCUT2D eigenvalue weighted by atomic mass is 16.5. The molecule has 0 bridgehead atoms. The largest absolute Gasteiger partial charge is 0.448 e. The van der Waals surface area contributed by atoms with Gasteiger partial charge in [-0.25, -0.2) is 4.79 Å². The van der Waals surface area contributed by atoms with Crippen molar-refractivity contribution in [2.45, 2.75) is 52.7 Å². The number of carbonyl (C=O) groups excluding carboxylic acids is 3. The highest BCUT2D eigenvalue weighted by Gasteiger charge is 2.28. The topological polar surface area (TPSA) is 88.3 Å². The molecule has 2 rings (SSSR count). The zero-order valence-electron chi connectivity index (χ0n) is 12.7. The summed E-state index contributed by atoms with van der Waals surface area (Å²) in [6, 6.07) is 0.220. The first-order chi connectivity index (χ1) is 9.81. The summed E-state index contributed by atoms with van der Waals surface area (Å²) in [6.45, 7) is 6.39. The number of aryl methyl sites for hydroxylation is 1. The number of H-pyrrole nitrogens is 1. The lowest BCUT2D eigenvalue weighted by molar-refractivity contribution is -0.129. The average molecular weight is 292 g/mol. The van der Waals surface area contributed by atoms with Gasteiger partial charge in [0.25, 0.3) is 5.91 Å². The number of nitrogens with one attached hydrogen (secondary N) is 2. The van der Waals surface area contributed by atoms with Crippen LogP contribution in [0.5, 0.6) is 0 Å². The van der Waals surface area contributed by atoms with Crippen LogP contribution >= 0.6 is 0 Å². The molecule has 0 saturated heterocycles. The van der Waals surface area contributed by atoms with Crippen molar-refractivity contribution in [3.8, 4) is 0 Å². The summed E-state index contributed by atoms with van der Waals surface area (Å²) in [5.41, 5.74) is 1.91. The van der Waals surface area contributed by atoms with E-state index >= 15 is 0 Å². The molecule has 1 fully saturated rings. The number of Topliss-reactive ketones (excluding diaryl/α,β-unsaturated/α-hetero) is 1. The molecule has 0 aromatic carbocycles. The molecule has 0 radical (unpaired) electrons. The van der Waals surface area contributed by atoms with Crippen molar-refractivity contribution < 1.29 is 19.1 Å². The minimum absolute atomic E-state index is 0.111. The number of aromatic nitrogens is 1. The maximum atomic E-state index is 12.1. The zero-order valence-corrected chi connectivity index (χ0v) is 12.7. The van der Waals surface area contributed by atoms with Gasteiger partial charge in [-0.05, 0) is 46.1 Å². The molecule has 1 atom stereocenters. The van der Waals surface area contributed by atoms with E-state index in [-0.39, 0.29) is 23.4 Å². The Balaban J connectivity index is 2.07. The minimum atomic E-state index is -0.859. The predicted octanol–water partition coefficient (Wildman–Crippen LogP) is 1.66. The van der Waals surface area contributed by atoms with E-state index in [1.165, 1.54) is 13.8 Å². The minimum Gasteiger partial charge on any atom is -0.448 e. The fraction of sp³-hybridized carbons (Fsp3) is 0.533. The lowest BCUT2D eigenvalue weighted by Gasteiger charge is -2.12. The van der Waals surface area contributed by atoms with Crippen molar-refractivity contribution >= 4 is 17.7 Å². The number of ether oxygens (including phenoxy) is 1. The van der Waals surface area contributed by atoms with Crippen molar-refractivity contribution in [3.63, 3.8) is 0 Å². The van der Waals surface area contributed by atoms with E-state index in [0.29, 0.717) is 16.8 Å². The summed E-state index contributed by atoms with van der Waals surface area (Å²) in [5.74, 6) is -1.03. The van der Waals surface area contributed by atoms with Crippen LogP contribution in [-0.2, 0) is 9.53 Å². The fourth-order valence-corrected chi connectivity index (χ4v) is 2.30. The second-order valence-electron chi connectivity index (χ2n) is 5.51. The second kappa shape index (κ2) is 5.71. The van der Waals surface area contributed by atoms with Crippen LogP contribution in [0.3, 0.4) is 0 Å². The first-order valence-electron chi connectivity index (χ1n) is 7.02. The standard InChI is InChI=1S/C15H20N2O4/c1-7-12(9(3)18)8(2)16-13(7)15(20)21-10(4)14(19)17-11-5-6-11/h10-11,16H,5-6H2,1-4H3,(H,17,19)/t10-/m1/s1. The molecule has 1 amide bonds. The SMILES string of the molecule is CC(=O)c1c(C)[nH]c(C(=O)O[C@H](C)C(=O)NC2CC2)c1C. The third-order valence-electron chi connectivity index (χ3n) is 3.57. The van der Waals surface area contributed by atoms with Crippen molar-refractivity contribution in [2.75, 3.05) is 0 Å². The second-order valence-corrected chi connectivity index (χ2v) is 5.51. The van der Waals surface area contributed by atoms with Gasteiger partial charge in [-0.3, -0.25) is 9.59 Å². The highest BCUT2D eigenvalue weighted by Crippen LogP contribution is 2.21. The van der Waals surface area contributed by atoms with Gasteiger partial charge < -0.3 is 15.0 Å². The van der Waals surface area contributed by atoms with Gasteiger partial charge in [0.2, 0.25) is 0 Å². The molecule has 1 aliphatic rings. The highest BCUT2D eigenvalue weighted by molar-refractivity contribution is 6.01. The summed E-state index contributed by atoms with van der Waals surface area (Å²) >= 11 is 0. The number of carbonyl (C=O) groups is 3. The summed E-state index contributed by atoms with van der Waals surface area (Å²) in [4.78, 5) is 38.3. The van der Waals surface area contributed by atoms with Gasteiger partial charge in [-0.1, -0.05) is 0 Å². The summed E-state index contributed by atoms with van der Waals surface area (Å²) in [6.07, 6.45) is 1.09. The molecule has 1 heterocycles. The molecule has 6 nitrogen and oxygen atoms in total. The van der Waals surface area contributed by atoms with Crippen LogP contribution in [0.2, 0.25) is 0 Å². The van der Waals surface area contributed by atoms with E-state index in [4.69, 9.17) is 4.74 Å². The van der Waals surface area contributed by atoms with Crippen LogP contribution < -0.4 is 5.32 Å². The molecule has 6 heteroatoms. The summed E-state index contributed by atoms with van der Waals surface area (Å²) in [5, 5.41) is 2.78. The first-order valence-corrected chi connectivity index (χ1v) is 7.02. The van der Waals surface area contributed by atoms with Crippen LogP contribution in [0.1, 0.15) is 58.8 Å². The lowest BCUT2D eigenvalue weighted by atomic mass is 10.1. The zero-order chi connectivity index (χ0) is 15.7. The predicted molar refractivity (Wildman–Crippen MR) is 76.3 cm³/mol. The van der Waals surface area contributed by atoms with Crippen LogP contribution in [0.4, 0.5) is 0 Å². The molecule has 1 aromatic rings. The maximum absolute atomic E-state index is 12.1. The molecule has 2 N–H and O–H groups in total. The van der Waals surface area contributed by atoms with Gasteiger partial charge in [0.05, 0.1) is 0 Å². The number of hydrogen-bond acceptors (Lipinski definition) is 4. The van der Waals surface area contributed by atoms with Gasteiger partial charge in [-0.15, -0.1) is 0 Å². The molecule has 0 spiro atoms. The summed E-state index contributed by atoms with van der Waals surface area (Å²) in [7, 11) is 0. The quantitative estimate of drug-likeness (QED) is 0.638. The number of amides is 1. The van der Waals surface area contributed by atoms with E-state index in [0.717, 1.165) is 12.8 Å². The van der Waals surface area contributed by atoms with Crippen LogP contribution in [0, 0.1) is 13.8 Å². The van der Waals surface area contributed by atoms with Crippen LogP contribution in [-0.4, -0.2) is 34.8 Å². The number of ketones is 1. The molecule has 0 aliphatic heterocycles. The molecule has 1 aromatic heterocycles. The van der Waals surface area contributed by atoms with Gasteiger partial charge in [0.15, 0.2) is 11.9 Å². The van der Waals surface area contributed by atoms with Crippen molar-refractivity contribution in [3.05, 3.63) is 22.5 Å². The smallest absolute Gasteiger partial charge is 0.355 e. The van der Waals surface area contributed by atoms with Crippen LogP contribution in [0.15, 0.2) is 0 Å². The Morgan fingerprint density at radius 3 is 2.38 bits per heavy atom.